The summed E-state index contributed by atoms with van der Waals surface area (Å²) in [6.07, 6.45) is -0.833. The molecule has 0 saturated carbocycles. The van der Waals surface area contributed by atoms with Crippen LogP contribution in [0.4, 0.5) is 5.69 Å². The Bertz CT molecular complexity index is 677. The van der Waals surface area contributed by atoms with Gasteiger partial charge in [-0.3, -0.25) is 4.79 Å². The highest BCUT2D eigenvalue weighted by atomic mass is 16.5. The van der Waals surface area contributed by atoms with Crippen LogP contribution in [0.15, 0.2) is 48.5 Å². The molecule has 0 fully saturated rings. The Hall–Kier alpha value is -2.62. The maximum absolute atomic E-state index is 12.3. The second kappa shape index (κ2) is 6.89. The summed E-state index contributed by atoms with van der Waals surface area (Å²) >= 11 is 0. The van der Waals surface area contributed by atoms with Crippen molar-refractivity contribution in [2.75, 3.05) is 12.4 Å². The SMILES string of the molecule is CNc1ccccc1C(=O)O[C@@H](C)C(=O)c1ccc(C)cc1. The predicted octanol–water partition coefficient (Wildman–Crippen LogP) is 3.46. The minimum atomic E-state index is -0.833. The van der Waals surface area contributed by atoms with Gasteiger partial charge in [0.2, 0.25) is 5.78 Å². The minimum absolute atomic E-state index is 0.213. The maximum atomic E-state index is 12.3. The number of esters is 1. The molecule has 22 heavy (non-hydrogen) atoms. The fourth-order valence-electron chi connectivity index (χ4n) is 2.11. The van der Waals surface area contributed by atoms with Crippen LogP contribution < -0.4 is 5.32 Å². The fraction of sp³-hybridized carbons (Fsp3) is 0.222. The van der Waals surface area contributed by atoms with Crippen LogP contribution >= 0.6 is 0 Å². The van der Waals surface area contributed by atoms with Crippen molar-refractivity contribution >= 4 is 17.4 Å². The molecule has 0 bridgehead atoms. The first kappa shape index (κ1) is 15.8. The first-order chi connectivity index (χ1) is 10.5. The molecule has 0 heterocycles. The summed E-state index contributed by atoms with van der Waals surface area (Å²) in [6, 6.07) is 14.2. The van der Waals surface area contributed by atoms with E-state index in [-0.39, 0.29) is 5.78 Å². The Morgan fingerprint density at radius 1 is 1.05 bits per heavy atom. The lowest BCUT2D eigenvalue weighted by Crippen LogP contribution is -2.24. The quantitative estimate of drug-likeness (QED) is 0.678. The van der Waals surface area contributed by atoms with Gasteiger partial charge in [-0.1, -0.05) is 42.0 Å². The lowest BCUT2D eigenvalue weighted by atomic mass is 10.1. The van der Waals surface area contributed by atoms with E-state index in [4.69, 9.17) is 4.74 Å². The van der Waals surface area contributed by atoms with Crippen LogP contribution in [0, 0.1) is 6.92 Å². The number of anilines is 1. The van der Waals surface area contributed by atoms with Crippen molar-refractivity contribution in [1.82, 2.24) is 0 Å². The second-order valence-corrected chi connectivity index (χ2v) is 5.07. The molecule has 0 spiro atoms. The standard InChI is InChI=1S/C18H19NO3/c1-12-8-10-14(11-9-12)17(20)13(2)22-18(21)15-6-4-5-7-16(15)19-3/h4-11,13,19H,1-3H3/t13-/m0/s1. The van der Waals surface area contributed by atoms with E-state index in [1.54, 1.807) is 44.3 Å². The Morgan fingerprint density at radius 2 is 1.68 bits per heavy atom. The van der Waals surface area contributed by atoms with Gasteiger partial charge < -0.3 is 10.1 Å². The Labute approximate surface area is 130 Å². The van der Waals surface area contributed by atoms with Crippen molar-refractivity contribution in [1.29, 1.82) is 0 Å². The second-order valence-electron chi connectivity index (χ2n) is 5.07. The van der Waals surface area contributed by atoms with Crippen molar-refractivity contribution < 1.29 is 14.3 Å². The highest BCUT2D eigenvalue weighted by Gasteiger charge is 2.21. The fourth-order valence-corrected chi connectivity index (χ4v) is 2.11. The third-order valence-electron chi connectivity index (χ3n) is 3.41. The topological polar surface area (TPSA) is 55.4 Å². The minimum Gasteiger partial charge on any atom is -0.451 e. The molecular formula is C18H19NO3. The van der Waals surface area contributed by atoms with Crippen LogP contribution in [0.3, 0.4) is 0 Å². The van der Waals surface area contributed by atoms with E-state index in [0.717, 1.165) is 5.56 Å². The molecule has 4 nitrogen and oxygen atoms in total. The molecule has 0 aromatic heterocycles. The smallest absolute Gasteiger partial charge is 0.340 e. The van der Waals surface area contributed by atoms with Crippen molar-refractivity contribution in [2.45, 2.75) is 20.0 Å². The molecule has 114 valence electrons. The van der Waals surface area contributed by atoms with E-state index in [0.29, 0.717) is 16.8 Å². The number of ketones is 1. The van der Waals surface area contributed by atoms with Gasteiger partial charge in [-0.05, 0) is 26.0 Å². The third-order valence-corrected chi connectivity index (χ3v) is 3.41. The van der Waals surface area contributed by atoms with E-state index < -0.39 is 12.1 Å². The van der Waals surface area contributed by atoms with Crippen LogP contribution in [-0.2, 0) is 4.74 Å². The van der Waals surface area contributed by atoms with E-state index >= 15 is 0 Å². The van der Waals surface area contributed by atoms with Gasteiger partial charge in [0, 0.05) is 18.3 Å². The van der Waals surface area contributed by atoms with Gasteiger partial charge in [-0.25, -0.2) is 4.79 Å². The number of hydrogen-bond donors (Lipinski definition) is 1. The van der Waals surface area contributed by atoms with Gasteiger partial charge in [0.1, 0.15) is 0 Å². The predicted molar refractivity (Wildman–Crippen MR) is 86.4 cm³/mol. The lowest BCUT2D eigenvalue weighted by Gasteiger charge is -2.14. The zero-order valence-corrected chi connectivity index (χ0v) is 12.9. The summed E-state index contributed by atoms with van der Waals surface area (Å²) in [5, 5.41) is 2.93. The summed E-state index contributed by atoms with van der Waals surface area (Å²) in [5.74, 6) is -0.729. The van der Waals surface area contributed by atoms with Gasteiger partial charge in [0.05, 0.1) is 5.56 Å². The number of Topliss-reactive ketones (excluding diaryl/α,β-unsaturated/α-hetero) is 1. The van der Waals surface area contributed by atoms with E-state index in [2.05, 4.69) is 5.32 Å². The third kappa shape index (κ3) is 3.52. The van der Waals surface area contributed by atoms with E-state index in [9.17, 15) is 9.59 Å². The number of nitrogens with one attached hydrogen (secondary N) is 1. The molecule has 0 radical (unpaired) electrons. The number of carbonyl (C=O) groups is 2. The molecule has 4 heteroatoms. The summed E-state index contributed by atoms with van der Waals surface area (Å²) in [6.45, 7) is 3.54. The molecule has 0 unspecified atom stereocenters. The normalized spacial score (nSPS) is 11.6. The summed E-state index contributed by atoms with van der Waals surface area (Å²) in [5.41, 5.74) is 2.69. The van der Waals surface area contributed by atoms with E-state index in [1.165, 1.54) is 0 Å². The number of hydrogen-bond acceptors (Lipinski definition) is 4. The first-order valence-electron chi connectivity index (χ1n) is 7.11. The van der Waals surface area contributed by atoms with Crippen LogP contribution in [0.1, 0.15) is 33.2 Å². The van der Waals surface area contributed by atoms with Crippen LogP contribution in [0.5, 0.6) is 0 Å². The lowest BCUT2D eigenvalue weighted by molar-refractivity contribution is 0.0319. The molecule has 0 aliphatic heterocycles. The Balaban J connectivity index is 2.11. The monoisotopic (exact) mass is 297 g/mol. The molecule has 0 amide bonds. The molecule has 1 atom stereocenters. The average molecular weight is 297 g/mol. The molecule has 2 aromatic carbocycles. The maximum Gasteiger partial charge on any atom is 0.340 e. The van der Waals surface area contributed by atoms with Gasteiger partial charge in [-0.15, -0.1) is 0 Å². The largest absolute Gasteiger partial charge is 0.451 e. The van der Waals surface area contributed by atoms with Crippen LogP contribution in [0.25, 0.3) is 0 Å². The van der Waals surface area contributed by atoms with Crippen molar-refractivity contribution in [3.8, 4) is 0 Å². The molecule has 0 aliphatic rings. The average Bonchev–Trinajstić information content (AvgIpc) is 2.54. The summed E-state index contributed by atoms with van der Waals surface area (Å²) < 4.78 is 5.30. The number of ether oxygens (including phenoxy) is 1. The Kier molecular flexibility index (Phi) is 4.94. The van der Waals surface area contributed by atoms with Crippen LogP contribution in [0.2, 0.25) is 0 Å². The number of carbonyl (C=O) groups excluding carboxylic acids is 2. The summed E-state index contributed by atoms with van der Waals surface area (Å²) in [7, 11) is 1.73. The molecule has 2 rings (SSSR count). The zero-order valence-electron chi connectivity index (χ0n) is 12.9. The van der Waals surface area contributed by atoms with Gasteiger partial charge in [-0.2, -0.15) is 0 Å². The molecule has 1 N–H and O–H groups in total. The van der Waals surface area contributed by atoms with Gasteiger partial charge >= 0.3 is 5.97 Å². The number of para-hydroxylation sites is 1. The number of benzene rings is 2. The molecule has 0 saturated heterocycles. The zero-order chi connectivity index (χ0) is 16.1. The van der Waals surface area contributed by atoms with Gasteiger partial charge in [0.15, 0.2) is 6.10 Å². The Morgan fingerprint density at radius 3 is 2.32 bits per heavy atom. The van der Waals surface area contributed by atoms with Crippen molar-refractivity contribution in [2.24, 2.45) is 0 Å². The first-order valence-corrected chi connectivity index (χ1v) is 7.11. The summed E-state index contributed by atoms with van der Waals surface area (Å²) in [4.78, 5) is 24.5. The molecule has 2 aromatic rings. The number of rotatable bonds is 5. The van der Waals surface area contributed by atoms with E-state index in [1.807, 2.05) is 25.1 Å². The van der Waals surface area contributed by atoms with Gasteiger partial charge in [0.25, 0.3) is 0 Å². The highest BCUT2D eigenvalue weighted by molar-refractivity contribution is 6.02. The van der Waals surface area contributed by atoms with Crippen molar-refractivity contribution in [3.63, 3.8) is 0 Å². The molecular weight excluding hydrogens is 278 g/mol. The molecule has 0 aliphatic carbocycles. The van der Waals surface area contributed by atoms with Crippen molar-refractivity contribution in [3.05, 3.63) is 65.2 Å². The highest BCUT2D eigenvalue weighted by Crippen LogP contribution is 2.17. The van der Waals surface area contributed by atoms with Crippen LogP contribution in [-0.4, -0.2) is 24.9 Å². The number of aryl methyl sites for hydroxylation is 1.